The summed E-state index contributed by atoms with van der Waals surface area (Å²) in [5.74, 6) is 1.68. The van der Waals surface area contributed by atoms with E-state index in [1.54, 1.807) is 6.20 Å². The van der Waals surface area contributed by atoms with Gasteiger partial charge in [0.15, 0.2) is 0 Å². The monoisotopic (exact) mass is 434 g/mol. The average Bonchev–Trinajstić information content (AvgIpc) is 3.07. The maximum absolute atomic E-state index is 4.61. The van der Waals surface area contributed by atoms with Crippen molar-refractivity contribution in [1.29, 1.82) is 0 Å². The molecule has 3 aromatic rings. The van der Waals surface area contributed by atoms with E-state index in [9.17, 15) is 0 Å². The maximum atomic E-state index is 4.61. The fourth-order valence-corrected chi connectivity index (χ4v) is 4.19. The Labute approximate surface area is 152 Å². The molecule has 116 valence electrons. The normalized spacial score (nSPS) is 15.0. The number of hydrogen-bond acceptors (Lipinski definition) is 4. The Kier molecular flexibility index (Phi) is 3.81. The number of fused-ring (bicyclic) bond motifs is 1. The van der Waals surface area contributed by atoms with E-state index < -0.39 is 0 Å². The van der Waals surface area contributed by atoms with E-state index in [1.807, 2.05) is 24.0 Å². The van der Waals surface area contributed by atoms with Crippen LogP contribution in [-0.4, -0.2) is 20.2 Å². The molecule has 0 fully saturated rings. The highest BCUT2D eigenvalue weighted by atomic mass is 127. The highest BCUT2D eigenvalue weighted by Gasteiger charge is 2.27. The van der Waals surface area contributed by atoms with E-state index in [0.717, 1.165) is 23.0 Å². The molecule has 1 aliphatic heterocycles. The van der Waals surface area contributed by atoms with Crippen LogP contribution in [0, 0.1) is 10.5 Å². The lowest BCUT2D eigenvalue weighted by Gasteiger charge is -2.22. The number of hydrogen-bond donors (Lipinski definition) is 0. The molecule has 3 heterocycles. The van der Waals surface area contributed by atoms with Crippen molar-refractivity contribution < 1.29 is 0 Å². The van der Waals surface area contributed by atoms with Gasteiger partial charge in [-0.3, -0.25) is 4.40 Å². The molecule has 0 N–H and O–H groups in total. The summed E-state index contributed by atoms with van der Waals surface area (Å²) in [5, 5.41) is 0. The first-order valence-corrected chi connectivity index (χ1v) is 9.38. The van der Waals surface area contributed by atoms with Crippen molar-refractivity contribution in [1.82, 2.24) is 14.4 Å². The average molecular weight is 434 g/mol. The highest BCUT2D eigenvalue weighted by molar-refractivity contribution is 14.1. The second-order valence-electron chi connectivity index (χ2n) is 5.42. The summed E-state index contributed by atoms with van der Waals surface area (Å²) in [4.78, 5) is 12.7. The molecule has 0 spiro atoms. The maximum Gasteiger partial charge on any atom is 0.234 e. The number of thioether (sulfide) groups is 1. The molecule has 2 aromatic heterocycles. The third kappa shape index (κ3) is 2.53. The smallest absolute Gasteiger partial charge is 0.234 e. The molecule has 4 nitrogen and oxygen atoms in total. The number of aryl methyl sites for hydroxylation is 1. The van der Waals surface area contributed by atoms with E-state index in [4.69, 9.17) is 0 Å². The lowest BCUT2D eigenvalue weighted by atomic mass is 10.2. The molecule has 1 aromatic carbocycles. The first-order chi connectivity index (χ1) is 11.1. The third-order valence-electron chi connectivity index (χ3n) is 3.95. The van der Waals surface area contributed by atoms with E-state index in [0.29, 0.717) is 0 Å². The van der Waals surface area contributed by atoms with Crippen LogP contribution in [0.15, 0.2) is 47.6 Å². The Hall–Kier alpha value is -1.54. The Morgan fingerprint density at radius 2 is 1.96 bits per heavy atom. The van der Waals surface area contributed by atoms with Crippen LogP contribution in [0.2, 0.25) is 0 Å². The van der Waals surface area contributed by atoms with E-state index in [2.05, 4.69) is 80.0 Å². The second kappa shape index (κ2) is 5.83. The largest absolute Gasteiger partial charge is 0.329 e. The molecular weight excluding hydrogens is 419 g/mol. The predicted octanol–water partition coefficient (Wildman–Crippen LogP) is 4.54. The number of allylic oxidation sites excluding steroid dienone is 1. The first kappa shape index (κ1) is 15.0. The van der Waals surface area contributed by atoms with Gasteiger partial charge >= 0.3 is 0 Å². The summed E-state index contributed by atoms with van der Waals surface area (Å²) in [6.07, 6.45) is 3.82. The molecule has 0 atom stereocenters. The molecule has 4 rings (SSSR count). The summed E-state index contributed by atoms with van der Waals surface area (Å²) in [7, 11) is 0. The third-order valence-corrected chi connectivity index (χ3v) is 5.69. The summed E-state index contributed by atoms with van der Waals surface area (Å²) in [6, 6.07) is 10.6. The van der Waals surface area contributed by atoms with Gasteiger partial charge < -0.3 is 4.90 Å². The molecule has 0 aliphatic carbocycles. The quantitative estimate of drug-likeness (QED) is 0.555. The lowest BCUT2D eigenvalue weighted by molar-refractivity contribution is 1.07. The van der Waals surface area contributed by atoms with Gasteiger partial charge in [-0.2, -0.15) is 0 Å². The van der Waals surface area contributed by atoms with Crippen molar-refractivity contribution in [3.63, 3.8) is 0 Å². The predicted molar refractivity (Wildman–Crippen MR) is 104 cm³/mol. The molecule has 0 bridgehead atoms. The highest BCUT2D eigenvalue weighted by Crippen LogP contribution is 2.41. The van der Waals surface area contributed by atoms with Gasteiger partial charge in [0.05, 0.1) is 23.0 Å². The Balaban J connectivity index is 1.89. The van der Waals surface area contributed by atoms with Gasteiger partial charge in [-0.05, 0) is 66.8 Å². The van der Waals surface area contributed by atoms with Crippen LogP contribution >= 0.6 is 34.4 Å². The number of rotatable bonds is 2. The van der Waals surface area contributed by atoms with Gasteiger partial charge in [-0.25, -0.2) is 9.97 Å². The standard InChI is InChI=1S/C17H15IN4S/c1-11-15(21-9-3-8-19-17(21)20-11)16-12(2)23-10-22(16)14-6-4-13(18)5-7-14/h3-9H,10H2,1-2H3. The van der Waals surface area contributed by atoms with Gasteiger partial charge in [0, 0.05) is 26.6 Å². The Morgan fingerprint density at radius 3 is 2.74 bits per heavy atom. The molecule has 0 radical (unpaired) electrons. The summed E-state index contributed by atoms with van der Waals surface area (Å²) < 4.78 is 3.33. The van der Waals surface area contributed by atoms with Crippen LogP contribution in [0.1, 0.15) is 18.3 Å². The van der Waals surface area contributed by atoms with Gasteiger partial charge in [0.25, 0.3) is 0 Å². The minimum absolute atomic E-state index is 0.750. The van der Waals surface area contributed by atoms with Crippen LogP contribution in [0.3, 0.4) is 0 Å². The number of imidazole rings is 1. The van der Waals surface area contributed by atoms with Gasteiger partial charge in [0.2, 0.25) is 5.78 Å². The second-order valence-corrected chi connectivity index (χ2v) is 7.82. The molecule has 6 heteroatoms. The van der Waals surface area contributed by atoms with Crippen molar-refractivity contribution in [3.8, 4) is 0 Å². The number of halogens is 1. The molecule has 0 saturated heterocycles. The fraction of sp³-hybridized carbons (Fsp3) is 0.176. The van der Waals surface area contributed by atoms with Crippen molar-refractivity contribution in [2.75, 3.05) is 10.8 Å². The van der Waals surface area contributed by atoms with E-state index >= 15 is 0 Å². The molecule has 1 aliphatic rings. The molecule has 0 unspecified atom stereocenters. The van der Waals surface area contributed by atoms with Crippen LogP contribution in [0.5, 0.6) is 0 Å². The van der Waals surface area contributed by atoms with E-state index in [-0.39, 0.29) is 0 Å². The number of benzene rings is 1. The minimum Gasteiger partial charge on any atom is -0.329 e. The van der Waals surface area contributed by atoms with Gasteiger partial charge in [-0.15, -0.1) is 11.8 Å². The zero-order chi connectivity index (χ0) is 16.0. The zero-order valence-corrected chi connectivity index (χ0v) is 15.8. The zero-order valence-electron chi connectivity index (χ0n) is 12.8. The van der Waals surface area contributed by atoms with Crippen LogP contribution < -0.4 is 4.90 Å². The van der Waals surface area contributed by atoms with Gasteiger partial charge in [0.1, 0.15) is 0 Å². The van der Waals surface area contributed by atoms with Crippen molar-refractivity contribution in [3.05, 3.63) is 62.6 Å². The topological polar surface area (TPSA) is 33.4 Å². The van der Waals surface area contributed by atoms with Crippen molar-refractivity contribution >= 4 is 51.5 Å². The lowest BCUT2D eigenvalue weighted by Crippen LogP contribution is -2.18. The van der Waals surface area contributed by atoms with E-state index in [1.165, 1.54) is 19.9 Å². The molecule has 0 amide bonds. The van der Waals surface area contributed by atoms with Crippen LogP contribution in [-0.2, 0) is 0 Å². The summed E-state index contributed by atoms with van der Waals surface area (Å²) in [5.41, 5.74) is 4.59. The molecule has 0 saturated carbocycles. The van der Waals surface area contributed by atoms with Crippen LogP contribution in [0.25, 0.3) is 11.5 Å². The number of nitrogens with zero attached hydrogens (tertiary/aromatic N) is 4. The first-order valence-electron chi connectivity index (χ1n) is 7.32. The SMILES string of the molecule is CC1=C(c2c(C)nc3ncccn23)N(c2ccc(I)cc2)CS1. The van der Waals surface area contributed by atoms with Crippen molar-refractivity contribution in [2.24, 2.45) is 0 Å². The minimum atomic E-state index is 0.750. The Bertz CT molecular complexity index is 914. The summed E-state index contributed by atoms with van der Waals surface area (Å²) in [6.45, 7) is 4.24. The van der Waals surface area contributed by atoms with Gasteiger partial charge in [-0.1, -0.05) is 0 Å². The summed E-state index contributed by atoms with van der Waals surface area (Å²) >= 11 is 4.21. The number of aromatic nitrogens is 3. The fourth-order valence-electron chi connectivity index (χ4n) is 2.89. The molecular formula is C17H15IN4S. The Morgan fingerprint density at radius 1 is 1.17 bits per heavy atom. The number of anilines is 1. The van der Waals surface area contributed by atoms with Crippen LogP contribution in [0.4, 0.5) is 5.69 Å². The van der Waals surface area contributed by atoms with Crippen molar-refractivity contribution in [2.45, 2.75) is 13.8 Å². The molecule has 23 heavy (non-hydrogen) atoms.